The molecule has 2 aromatic rings. The molecule has 0 fully saturated rings. The van der Waals surface area contributed by atoms with Gasteiger partial charge in [0.05, 0.1) is 11.1 Å². The SMILES string of the molecule is CSc1cccc(Sc2ccc(C(=O)O)cc2)c1C#N. The number of rotatable bonds is 4. The minimum absolute atomic E-state index is 0.257. The smallest absolute Gasteiger partial charge is 0.335 e. The molecule has 0 bridgehead atoms. The quantitative estimate of drug-likeness (QED) is 0.860. The molecular formula is C15H11NO2S2. The topological polar surface area (TPSA) is 61.1 Å². The number of benzene rings is 2. The van der Waals surface area contributed by atoms with Gasteiger partial charge in [-0.05, 0) is 42.7 Å². The molecule has 0 aliphatic rings. The van der Waals surface area contributed by atoms with Crippen molar-refractivity contribution >= 4 is 29.5 Å². The molecule has 1 N–H and O–H groups in total. The summed E-state index contributed by atoms with van der Waals surface area (Å²) in [6.45, 7) is 0. The Kier molecular flexibility index (Phi) is 4.72. The first-order chi connectivity index (χ1) is 9.65. The van der Waals surface area contributed by atoms with Crippen LogP contribution in [0.2, 0.25) is 0 Å². The Balaban J connectivity index is 2.30. The first kappa shape index (κ1) is 14.5. The van der Waals surface area contributed by atoms with Gasteiger partial charge in [-0.25, -0.2) is 4.79 Å². The van der Waals surface area contributed by atoms with E-state index in [-0.39, 0.29) is 5.56 Å². The van der Waals surface area contributed by atoms with Crippen molar-refractivity contribution in [1.82, 2.24) is 0 Å². The van der Waals surface area contributed by atoms with Gasteiger partial charge in [-0.2, -0.15) is 5.26 Å². The number of nitriles is 1. The summed E-state index contributed by atoms with van der Waals surface area (Å²) in [4.78, 5) is 13.5. The van der Waals surface area contributed by atoms with E-state index in [1.165, 1.54) is 23.5 Å². The highest BCUT2D eigenvalue weighted by atomic mass is 32.2. The van der Waals surface area contributed by atoms with Gasteiger partial charge in [-0.1, -0.05) is 17.8 Å². The van der Waals surface area contributed by atoms with Gasteiger partial charge in [-0.15, -0.1) is 11.8 Å². The summed E-state index contributed by atoms with van der Waals surface area (Å²) in [7, 11) is 0. The van der Waals surface area contributed by atoms with E-state index in [0.29, 0.717) is 5.56 Å². The van der Waals surface area contributed by atoms with Crippen LogP contribution < -0.4 is 0 Å². The number of nitrogens with zero attached hydrogens (tertiary/aromatic N) is 1. The fraction of sp³-hybridized carbons (Fsp3) is 0.0667. The number of hydrogen-bond donors (Lipinski definition) is 1. The third-order valence-electron chi connectivity index (χ3n) is 2.65. The van der Waals surface area contributed by atoms with Crippen molar-refractivity contribution in [2.24, 2.45) is 0 Å². The molecule has 0 aliphatic heterocycles. The van der Waals surface area contributed by atoms with E-state index in [0.717, 1.165) is 14.7 Å². The summed E-state index contributed by atoms with van der Waals surface area (Å²) in [5, 5.41) is 18.1. The zero-order chi connectivity index (χ0) is 14.5. The largest absolute Gasteiger partial charge is 0.478 e. The van der Waals surface area contributed by atoms with E-state index in [2.05, 4.69) is 6.07 Å². The van der Waals surface area contributed by atoms with Crippen LogP contribution in [-0.4, -0.2) is 17.3 Å². The summed E-state index contributed by atoms with van der Waals surface area (Å²) in [6.07, 6.45) is 1.94. The average molecular weight is 301 g/mol. The molecule has 5 heteroatoms. The van der Waals surface area contributed by atoms with Crippen LogP contribution in [0.15, 0.2) is 57.2 Å². The zero-order valence-electron chi connectivity index (χ0n) is 10.7. The van der Waals surface area contributed by atoms with Gasteiger partial charge < -0.3 is 5.11 Å². The summed E-state index contributed by atoms with van der Waals surface area (Å²) in [5.74, 6) is -0.941. The standard InChI is InChI=1S/C15H11NO2S2/c1-19-13-3-2-4-14(12(13)9-16)20-11-7-5-10(6-8-11)15(17)18/h2-8H,1H3,(H,17,18). The number of thioether (sulfide) groups is 1. The second kappa shape index (κ2) is 6.51. The van der Waals surface area contributed by atoms with Crippen LogP contribution in [-0.2, 0) is 0 Å². The molecule has 20 heavy (non-hydrogen) atoms. The predicted molar refractivity (Wildman–Crippen MR) is 80.5 cm³/mol. The monoisotopic (exact) mass is 301 g/mol. The lowest BCUT2D eigenvalue weighted by Gasteiger charge is -2.07. The number of hydrogen-bond acceptors (Lipinski definition) is 4. The van der Waals surface area contributed by atoms with E-state index < -0.39 is 5.97 Å². The Bertz CT molecular complexity index is 675. The minimum atomic E-state index is -0.941. The minimum Gasteiger partial charge on any atom is -0.478 e. The predicted octanol–water partition coefficient (Wildman–Crippen LogP) is 4.13. The lowest BCUT2D eigenvalue weighted by molar-refractivity contribution is 0.0697. The van der Waals surface area contributed by atoms with Crippen LogP contribution >= 0.6 is 23.5 Å². The molecule has 0 aliphatic carbocycles. The molecule has 0 spiro atoms. The van der Waals surface area contributed by atoms with Crippen molar-refractivity contribution in [3.63, 3.8) is 0 Å². The van der Waals surface area contributed by atoms with Crippen molar-refractivity contribution < 1.29 is 9.90 Å². The maximum Gasteiger partial charge on any atom is 0.335 e. The van der Waals surface area contributed by atoms with Crippen molar-refractivity contribution in [3.05, 3.63) is 53.6 Å². The van der Waals surface area contributed by atoms with Gasteiger partial charge >= 0.3 is 5.97 Å². The van der Waals surface area contributed by atoms with E-state index in [1.807, 2.05) is 24.5 Å². The summed E-state index contributed by atoms with van der Waals surface area (Å²) in [6, 6.07) is 14.6. The fourth-order valence-corrected chi connectivity index (χ4v) is 3.24. The highest BCUT2D eigenvalue weighted by molar-refractivity contribution is 8.00. The third kappa shape index (κ3) is 3.16. The van der Waals surface area contributed by atoms with Gasteiger partial charge in [0.1, 0.15) is 6.07 Å². The molecule has 0 radical (unpaired) electrons. The average Bonchev–Trinajstić information content (AvgIpc) is 2.47. The normalized spacial score (nSPS) is 10.0. The third-order valence-corrected chi connectivity index (χ3v) is 4.50. The maximum atomic E-state index is 10.8. The lowest BCUT2D eigenvalue weighted by Crippen LogP contribution is -1.94. The maximum absolute atomic E-state index is 10.8. The van der Waals surface area contributed by atoms with Crippen molar-refractivity contribution in [2.75, 3.05) is 6.26 Å². The first-order valence-corrected chi connectivity index (χ1v) is 7.78. The Labute approximate surface area is 125 Å². The number of carboxylic acid groups (broad SMARTS) is 1. The van der Waals surface area contributed by atoms with Gasteiger partial charge in [0, 0.05) is 14.7 Å². The van der Waals surface area contributed by atoms with E-state index in [1.54, 1.807) is 24.3 Å². The van der Waals surface area contributed by atoms with Crippen molar-refractivity contribution in [3.8, 4) is 6.07 Å². The second-order valence-corrected chi connectivity index (χ2v) is 5.84. The van der Waals surface area contributed by atoms with Gasteiger partial charge in [0.25, 0.3) is 0 Å². The van der Waals surface area contributed by atoms with Gasteiger partial charge in [-0.3, -0.25) is 0 Å². The second-order valence-electron chi connectivity index (χ2n) is 3.88. The molecule has 0 saturated carbocycles. The highest BCUT2D eigenvalue weighted by Gasteiger charge is 2.09. The molecule has 0 amide bonds. The number of carbonyl (C=O) groups is 1. The van der Waals surface area contributed by atoms with E-state index in [4.69, 9.17) is 5.11 Å². The molecule has 0 atom stereocenters. The van der Waals surface area contributed by atoms with Crippen LogP contribution in [0, 0.1) is 11.3 Å². The zero-order valence-corrected chi connectivity index (χ0v) is 12.3. The fourth-order valence-electron chi connectivity index (χ4n) is 1.67. The van der Waals surface area contributed by atoms with Crippen molar-refractivity contribution in [1.29, 1.82) is 5.26 Å². The summed E-state index contributed by atoms with van der Waals surface area (Å²) in [5.41, 5.74) is 0.917. The van der Waals surface area contributed by atoms with E-state index >= 15 is 0 Å². The molecule has 0 saturated heterocycles. The van der Waals surface area contributed by atoms with E-state index in [9.17, 15) is 10.1 Å². The lowest BCUT2D eigenvalue weighted by atomic mass is 10.2. The van der Waals surface area contributed by atoms with Crippen LogP contribution in [0.3, 0.4) is 0 Å². The Morgan fingerprint density at radius 3 is 2.35 bits per heavy atom. The first-order valence-electron chi connectivity index (χ1n) is 5.74. The molecular weight excluding hydrogens is 290 g/mol. The molecule has 100 valence electrons. The van der Waals surface area contributed by atoms with Gasteiger partial charge in [0.2, 0.25) is 0 Å². The van der Waals surface area contributed by atoms with Crippen LogP contribution in [0.1, 0.15) is 15.9 Å². The highest BCUT2D eigenvalue weighted by Crippen LogP contribution is 2.34. The molecule has 0 aromatic heterocycles. The van der Waals surface area contributed by atoms with Gasteiger partial charge in [0.15, 0.2) is 0 Å². The molecule has 0 unspecified atom stereocenters. The van der Waals surface area contributed by atoms with Crippen LogP contribution in [0.25, 0.3) is 0 Å². The summed E-state index contributed by atoms with van der Waals surface area (Å²) < 4.78 is 0. The molecule has 0 heterocycles. The molecule has 2 rings (SSSR count). The molecule has 3 nitrogen and oxygen atoms in total. The Morgan fingerprint density at radius 2 is 1.80 bits per heavy atom. The summed E-state index contributed by atoms with van der Waals surface area (Å²) >= 11 is 3.00. The number of aromatic carboxylic acids is 1. The van der Waals surface area contributed by atoms with Crippen LogP contribution in [0.4, 0.5) is 0 Å². The Hall–Kier alpha value is -1.90. The van der Waals surface area contributed by atoms with Crippen molar-refractivity contribution in [2.45, 2.75) is 14.7 Å². The Morgan fingerprint density at radius 1 is 1.15 bits per heavy atom. The number of carboxylic acids is 1. The molecule has 2 aromatic carbocycles. The van der Waals surface area contributed by atoms with Crippen LogP contribution in [0.5, 0.6) is 0 Å².